The Morgan fingerprint density at radius 2 is 1.82 bits per heavy atom. The molecule has 0 bridgehead atoms. The van der Waals surface area contributed by atoms with Crippen molar-refractivity contribution in [2.45, 2.75) is 53.2 Å². The lowest BCUT2D eigenvalue weighted by atomic mass is 10.00. The number of nitrogens with zero attached hydrogens (tertiary/aromatic N) is 3. The summed E-state index contributed by atoms with van der Waals surface area (Å²) in [6.45, 7) is 7.76. The molecule has 1 heterocycles. The molecule has 0 saturated heterocycles. The maximum absolute atomic E-state index is 12.4. The minimum Gasteiger partial charge on any atom is -0.348 e. The molecule has 1 N–H and O–H groups in total. The number of amides is 1. The van der Waals surface area contributed by atoms with E-state index in [9.17, 15) is 14.4 Å². The third-order valence-corrected chi connectivity index (χ3v) is 4.50. The molecule has 2 aromatic rings. The van der Waals surface area contributed by atoms with Gasteiger partial charge in [-0.3, -0.25) is 14.2 Å². The smallest absolute Gasteiger partial charge is 0.331 e. The molecule has 0 fully saturated rings. The molecule has 1 aromatic heterocycles. The number of rotatable bonds is 7. The first-order chi connectivity index (χ1) is 13.3. The molecule has 1 atom stereocenters. The van der Waals surface area contributed by atoms with E-state index >= 15 is 0 Å². The highest BCUT2D eigenvalue weighted by atomic mass is 16.2. The van der Waals surface area contributed by atoms with E-state index in [-0.39, 0.29) is 11.6 Å². The van der Waals surface area contributed by atoms with Gasteiger partial charge in [-0.2, -0.15) is 5.26 Å². The number of hydrogen-bond donors (Lipinski definition) is 1. The Hall–Kier alpha value is -3.14. The molecule has 1 amide bonds. The van der Waals surface area contributed by atoms with Gasteiger partial charge in [0.05, 0.1) is 6.04 Å². The highest BCUT2D eigenvalue weighted by molar-refractivity contribution is 5.76. The summed E-state index contributed by atoms with van der Waals surface area (Å²) in [5.41, 5.74) is 0.649. The van der Waals surface area contributed by atoms with Crippen LogP contribution in [0.1, 0.15) is 50.4 Å². The van der Waals surface area contributed by atoms with E-state index in [4.69, 9.17) is 5.26 Å². The monoisotopic (exact) mass is 382 g/mol. The first-order valence-electron chi connectivity index (χ1n) is 9.39. The first kappa shape index (κ1) is 21.2. The van der Waals surface area contributed by atoms with Crippen molar-refractivity contribution in [2.75, 3.05) is 0 Å². The summed E-state index contributed by atoms with van der Waals surface area (Å²) in [6.07, 6.45) is 2.21. The van der Waals surface area contributed by atoms with Crippen molar-refractivity contribution in [1.29, 1.82) is 5.26 Å². The van der Waals surface area contributed by atoms with Gasteiger partial charge in [-0.15, -0.1) is 0 Å². The fourth-order valence-electron chi connectivity index (χ4n) is 3.02. The number of aromatic nitrogens is 2. The van der Waals surface area contributed by atoms with Gasteiger partial charge in [-0.1, -0.05) is 38.1 Å². The molecule has 28 heavy (non-hydrogen) atoms. The van der Waals surface area contributed by atoms with Crippen LogP contribution < -0.4 is 16.6 Å². The van der Waals surface area contributed by atoms with Gasteiger partial charge in [0.1, 0.15) is 18.2 Å². The third-order valence-electron chi connectivity index (χ3n) is 4.50. The second-order valence-corrected chi connectivity index (χ2v) is 7.24. The highest BCUT2D eigenvalue weighted by Crippen LogP contribution is 2.15. The zero-order valence-electron chi connectivity index (χ0n) is 16.7. The molecule has 7 heteroatoms. The summed E-state index contributed by atoms with van der Waals surface area (Å²) in [6, 6.07) is 9.51. The van der Waals surface area contributed by atoms with Crippen LogP contribution in [0.15, 0.2) is 40.1 Å². The van der Waals surface area contributed by atoms with Crippen LogP contribution in [-0.2, 0) is 24.3 Å². The summed E-state index contributed by atoms with van der Waals surface area (Å²) in [5.74, 6) is 0.105. The largest absolute Gasteiger partial charge is 0.348 e. The normalized spacial score (nSPS) is 11.9. The minimum absolute atomic E-state index is 0.164. The molecule has 0 aliphatic heterocycles. The zero-order valence-corrected chi connectivity index (χ0v) is 16.7. The van der Waals surface area contributed by atoms with Crippen LogP contribution in [0.5, 0.6) is 0 Å². The molecule has 2 rings (SSSR count). The van der Waals surface area contributed by atoms with Gasteiger partial charge in [-0.25, -0.2) is 9.36 Å². The molecule has 1 aromatic carbocycles. The maximum atomic E-state index is 12.4. The molecule has 0 saturated carbocycles. The zero-order chi connectivity index (χ0) is 20.8. The minimum atomic E-state index is -0.752. The van der Waals surface area contributed by atoms with E-state index in [0.29, 0.717) is 12.5 Å². The van der Waals surface area contributed by atoms with Gasteiger partial charge in [0.25, 0.3) is 5.56 Å². The van der Waals surface area contributed by atoms with E-state index < -0.39 is 23.7 Å². The average Bonchev–Trinajstić information content (AvgIpc) is 2.65. The second kappa shape index (κ2) is 9.18. The molecule has 0 aliphatic carbocycles. The lowest BCUT2D eigenvalue weighted by molar-refractivity contribution is -0.122. The average molecular weight is 382 g/mol. The molecular formula is C21H26N4O3. The summed E-state index contributed by atoms with van der Waals surface area (Å²) in [5, 5.41) is 11.9. The van der Waals surface area contributed by atoms with Crippen molar-refractivity contribution in [1.82, 2.24) is 14.5 Å². The van der Waals surface area contributed by atoms with Gasteiger partial charge < -0.3 is 5.32 Å². The van der Waals surface area contributed by atoms with Crippen molar-refractivity contribution in [3.05, 3.63) is 68.0 Å². The van der Waals surface area contributed by atoms with Crippen molar-refractivity contribution < 1.29 is 4.79 Å². The van der Waals surface area contributed by atoms with Gasteiger partial charge in [-0.05, 0) is 37.3 Å². The molecule has 0 radical (unpaired) electrons. The SMILES string of the molecule is CCn1cc(C#N)c(=O)n(CC(=O)NC(C)c2ccc(CC(C)C)cc2)c1=O. The fraction of sp³-hybridized carbons (Fsp3) is 0.429. The van der Waals surface area contributed by atoms with E-state index in [0.717, 1.165) is 16.6 Å². The van der Waals surface area contributed by atoms with Gasteiger partial charge in [0.15, 0.2) is 0 Å². The summed E-state index contributed by atoms with van der Waals surface area (Å²) in [7, 11) is 0. The van der Waals surface area contributed by atoms with Crippen molar-refractivity contribution >= 4 is 5.91 Å². The molecule has 0 spiro atoms. The Balaban J connectivity index is 2.15. The lowest BCUT2D eigenvalue weighted by Gasteiger charge is -2.16. The topological polar surface area (TPSA) is 96.9 Å². The third kappa shape index (κ3) is 4.97. The Kier molecular flexibility index (Phi) is 6.94. The van der Waals surface area contributed by atoms with Crippen molar-refractivity contribution in [3.63, 3.8) is 0 Å². The van der Waals surface area contributed by atoms with Crippen LogP contribution in [0.25, 0.3) is 0 Å². The van der Waals surface area contributed by atoms with Gasteiger partial charge in [0.2, 0.25) is 5.91 Å². The van der Waals surface area contributed by atoms with E-state index in [2.05, 4.69) is 19.2 Å². The van der Waals surface area contributed by atoms with E-state index in [1.165, 1.54) is 16.3 Å². The predicted octanol–water partition coefficient (Wildman–Crippen LogP) is 1.98. The molecule has 148 valence electrons. The Labute approximate surface area is 164 Å². The van der Waals surface area contributed by atoms with E-state index in [1.54, 1.807) is 13.0 Å². The Morgan fingerprint density at radius 3 is 2.36 bits per heavy atom. The number of nitriles is 1. The molecule has 1 unspecified atom stereocenters. The van der Waals surface area contributed by atoms with Crippen molar-refractivity contribution in [3.8, 4) is 6.07 Å². The van der Waals surface area contributed by atoms with Gasteiger partial charge in [0, 0.05) is 12.7 Å². The van der Waals surface area contributed by atoms with Crippen LogP contribution >= 0.6 is 0 Å². The quantitative estimate of drug-likeness (QED) is 0.792. The number of carbonyl (C=O) groups excluding carboxylic acids is 1. The number of hydrogen-bond acceptors (Lipinski definition) is 4. The fourth-order valence-corrected chi connectivity index (χ4v) is 3.02. The lowest BCUT2D eigenvalue weighted by Crippen LogP contribution is -2.44. The van der Waals surface area contributed by atoms with Crippen LogP contribution in [-0.4, -0.2) is 15.0 Å². The maximum Gasteiger partial charge on any atom is 0.331 e. The standard InChI is InChI=1S/C21H26N4O3/c1-5-24-12-18(11-22)20(27)25(21(24)28)13-19(26)23-15(4)17-8-6-16(7-9-17)10-14(2)3/h6-9,12,14-15H,5,10,13H2,1-4H3,(H,23,26). The summed E-state index contributed by atoms with van der Waals surface area (Å²) in [4.78, 5) is 37.0. The summed E-state index contributed by atoms with van der Waals surface area (Å²) < 4.78 is 2.04. The molecule has 7 nitrogen and oxygen atoms in total. The first-order valence-corrected chi connectivity index (χ1v) is 9.39. The van der Waals surface area contributed by atoms with Crippen LogP contribution in [0.4, 0.5) is 0 Å². The second-order valence-electron chi connectivity index (χ2n) is 7.24. The summed E-state index contributed by atoms with van der Waals surface area (Å²) >= 11 is 0. The van der Waals surface area contributed by atoms with Crippen LogP contribution in [0.3, 0.4) is 0 Å². The number of carbonyl (C=O) groups is 1. The van der Waals surface area contributed by atoms with Gasteiger partial charge >= 0.3 is 5.69 Å². The Morgan fingerprint density at radius 1 is 1.18 bits per heavy atom. The number of benzene rings is 1. The number of aryl methyl sites for hydroxylation is 1. The number of nitrogens with one attached hydrogen (secondary N) is 1. The highest BCUT2D eigenvalue weighted by Gasteiger charge is 2.16. The van der Waals surface area contributed by atoms with E-state index in [1.807, 2.05) is 31.2 Å². The van der Waals surface area contributed by atoms with Crippen molar-refractivity contribution in [2.24, 2.45) is 5.92 Å². The van der Waals surface area contributed by atoms with Crippen LogP contribution in [0, 0.1) is 17.2 Å². The Bertz CT molecular complexity index is 994. The predicted molar refractivity (Wildman–Crippen MR) is 107 cm³/mol. The molecular weight excluding hydrogens is 356 g/mol. The van der Waals surface area contributed by atoms with Crippen LogP contribution in [0.2, 0.25) is 0 Å². The molecule has 0 aliphatic rings.